The van der Waals surface area contributed by atoms with Gasteiger partial charge in [-0.2, -0.15) is 11.8 Å². The number of thioether (sulfide) groups is 1. The number of hydrogen-bond donors (Lipinski definition) is 1. The van der Waals surface area contributed by atoms with Crippen molar-refractivity contribution in [2.75, 3.05) is 30.9 Å². The molecule has 1 heterocycles. The Bertz CT molecular complexity index is 370. The Balaban J connectivity index is 2.45. The Morgan fingerprint density at radius 2 is 2.24 bits per heavy atom. The Morgan fingerprint density at radius 3 is 2.76 bits per heavy atom. The van der Waals surface area contributed by atoms with Gasteiger partial charge in [0, 0.05) is 30.3 Å². The number of carbonyl (C=O) groups excluding carboxylic acids is 1. The highest BCUT2D eigenvalue weighted by molar-refractivity contribution is 8.00. The number of hydrogen-bond acceptors (Lipinski definition) is 5. The van der Waals surface area contributed by atoms with Crippen LogP contribution >= 0.6 is 11.8 Å². The molecular weight excluding hydrogens is 260 g/mol. The summed E-state index contributed by atoms with van der Waals surface area (Å²) in [5.74, 6) is 0.768. The van der Waals surface area contributed by atoms with Crippen molar-refractivity contribution in [2.24, 2.45) is 5.73 Å². The third-order valence-electron chi connectivity index (χ3n) is 2.67. The van der Waals surface area contributed by atoms with Gasteiger partial charge < -0.3 is 10.6 Å². The lowest BCUT2D eigenvalue weighted by Crippen LogP contribution is -2.49. The third kappa shape index (κ3) is 5.27. The lowest BCUT2D eigenvalue weighted by atomic mass is 10.2. The predicted octanol–water partition coefficient (Wildman–Crippen LogP) is -0.288. The first-order valence-electron chi connectivity index (χ1n) is 5.63. The van der Waals surface area contributed by atoms with E-state index in [1.54, 1.807) is 4.90 Å². The fourth-order valence-electron chi connectivity index (χ4n) is 1.72. The highest BCUT2D eigenvalue weighted by Crippen LogP contribution is 2.18. The van der Waals surface area contributed by atoms with Crippen molar-refractivity contribution in [1.29, 1.82) is 0 Å². The normalized spacial score (nSPS) is 23.5. The molecule has 1 rings (SSSR count). The molecule has 0 aromatic heterocycles. The zero-order valence-electron chi connectivity index (χ0n) is 10.3. The second kappa shape index (κ2) is 6.06. The minimum atomic E-state index is -3.05. The summed E-state index contributed by atoms with van der Waals surface area (Å²) in [6.45, 7) is 3.49. The molecule has 0 saturated carbocycles. The lowest BCUT2D eigenvalue weighted by Gasteiger charge is -2.32. The van der Waals surface area contributed by atoms with Crippen LogP contribution in [0.4, 0.5) is 0 Å². The number of nitrogens with zero attached hydrogens (tertiary/aromatic N) is 1. The molecule has 0 aromatic rings. The molecule has 7 heteroatoms. The molecule has 0 radical (unpaired) electrons. The third-order valence-corrected chi connectivity index (χ3v) is 4.78. The van der Waals surface area contributed by atoms with Gasteiger partial charge in [0.15, 0.2) is 0 Å². The molecule has 1 saturated heterocycles. The smallest absolute Gasteiger partial charge is 0.239 e. The molecular formula is C10H20N2O3S2. The van der Waals surface area contributed by atoms with Gasteiger partial charge in [-0.3, -0.25) is 4.79 Å². The molecule has 0 spiro atoms. The van der Waals surface area contributed by atoms with Crippen LogP contribution in [0.3, 0.4) is 0 Å². The van der Waals surface area contributed by atoms with Gasteiger partial charge in [-0.1, -0.05) is 6.92 Å². The largest absolute Gasteiger partial charge is 0.339 e. The Morgan fingerprint density at radius 1 is 1.59 bits per heavy atom. The molecule has 0 aliphatic carbocycles. The van der Waals surface area contributed by atoms with Crippen molar-refractivity contribution in [1.82, 2.24) is 4.90 Å². The van der Waals surface area contributed by atoms with Gasteiger partial charge in [-0.25, -0.2) is 8.42 Å². The highest BCUT2D eigenvalue weighted by atomic mass is 32.2. The average molecular weight is 280 g/mol. The van der Waals surface area contributed by atoms with E-state index in [-0.39, 0.29) is 18.1 Å². The van der Waals surface area contributed by atoms with Crippen LogP contribution in [0.2, 0.25) is 0 Å². The van der Waals surface area contributed by atoms with Gasteiger partial charge in [-0.05, 0) is 6.42 Å². The molecule has 1 amide bonds. The number of carbonyl (C=O) groups is 1. The fraction of sp³-hybridized carbons (Fsp3) is 0.900. The van der Waals surface area contributed by atoms with Crippen molar-refractivity contribution in [2.45, 2.75) is 24.6 Å². The summed E-state index contributed by atoms with van der Waals surface area (Å²) in [4.78, 5) is 13.7. The van der Waals surface area contributed by atoms with Crippen LogP contribution in [-0.4, -0.2) is 61.4 Å². The maximum absolute atomic E-state index is 12.0. The van der Waals surface area contributed by atoms with E-state index in [0.717, 1.165) is 12.0 Å². The summed E-state index contributed by atoms with van der Waals surface area (Å²) in [6, 6.07) is -0.694. The van der Waals surface area contributed by atoms with Crippen LogP contribution in [0.5, 0.6) is 0 Å². The van der Waals surface area contributed by atoms with E-state index in [2.05, 4.69) is 6.92 Å². The van der Waals surface area contributed by atoms with Gasteiger partial charge in [0.1, 0.15) is 9.84 Å². The Labute approximate surface area is 107 Å². The van der Waals surface area contributed by atoms with Crippen LogP contribution in [0.25, 0.3) is 0 Å². The second-order valence-corrected chi connectivity index (χ2v) is 8.30. The summed E-state index contributed by atoms with van der Waals surface area (Å²) in [5.41, 5.74) is 5.74. The molecule has 2 atom stereocenters. The van der Waals surface area contributed by atoms with Crippen LogP contribution < -0.4 is 5.73 Å². The van der Waals surface area contributed by atoms with E-state index in [1.807, 2.05) is 11.8 Å². The Kier molecular flexibility index (Phi) is 5.27. The van der Waals surface area contributed by atoms with Crippen LogP contribution in [0.1, 0.15) is 13.3 Å². The number of nitrogens with two attached hydrogens (primary N) is 1. The summed E-state index contributed by atoms with van der Waals surface area (Å²) in [6.07, 6.45) is 1.36. The topological polar surface area (TPSA) is 80.5 Å². The molecule has 1 fully saturated rings. The first-order chi connectivity index (χ1) is 7.79. The summed E-state index contributed by atoms with van der Waals surface area (Å²) < 4.78 is 22.0. The van der Waals surface area contributed by atoms with Crippen molar-refractivity contribution < 1.29 is 13.2 Å². The van der Waals surface area contributed by atoms with Crippen molar-refractivity contribution in [3.05, 3.63) is 0 Å². The molecule has 5 nitrogen and oxygen atoms in total. The molecule has 2 unspecified atom stereocenters. The number of rotatable bonds is 4. The summed E-state index contributed by atoms with van der Waals surface area (Å²) >= 11 is 1.84. The minimum absolute atomic E-state index is 0.0297. The standard InChI is InChI=1S/C10H20N2O3S2/c1-8-7-12(4-5-16-8)10(13)9(11)3-6-17(2,14)15/h8-9H,3-7,11H2,1-2H3. The molecule has 100 valence electrons. The van der Waals surface area contributed by atoms with Crippen molar-refractivity contribution in [3.8, 4) is 0 Å². The average Bonchev–Trinajstić information content (AvgIpc) is 2.24. The SMILES string of the molecule is CC1CN(C(=O)C(N)CCS(C)(=O)=O)CCS1. The van der Waals surface area contributed by atoms with E-state index in [9.17, 15) is 13.2 Å². The number of amides is 1. The first kappa shape index (κ1) is 14.8. The first-order valence-corrected chi connectivity index (χ1v) is 8.74. The number of sulfone groups is 1. The highest BCUT2D eigenvalue weighted by Gasteiger charge is 2.25. The van der Waals surface area contributed by atoms with Crippen LogP contribution in [0.15, 0.2) is 0 Å². The quantitative estimate of drug-likeness (QED) is 0.765. The summed E-state index contributed by atoms with van der Waals surface area (Å²) in [7, 11) is -3.05. The monoisotopic (exact) mass is 280 g/mol. The molecule has 17 heavy (non-hydrogen) atoms. The van der Waals surface area contributed by atoms with E-state index in [1.165, 1.54) is 0 Å². The van der Waals surface area contributed by atoms with E-state index < -0.39 is 15.9 Å². The molecule has 0 aromatic carbocycles. The van der Waals surface area contributed by atoms with Gasteiger partial charge in [-0.15, -0.1) is 0 Å². The van der Waals surface area contributed by atoms with Gasteiger partial charge >= 0.3 is 0 Å². The Hall–Kier alpha value is -0.270. The van der Waals surface area contributed by atoms with Crippen LogP contribution in [0, 0.1) is 0 Å². The van der Waals surface area contributed by atoms with Crippen molar-refractivity contribution in [3.63, 3.8) is 0 Å². The van der Waals surface area contributed by atoms with Crippen molar-refractivity contribution >= 4 is 27.5 Å². The van der Waals surface area contributed by atoms with E-state index in [4.69, 9.17) is 5.73 Å². The molecule has 0 bridgehead atoms. The molecule has 1 aliphatic rings. The van der Waals surface area contributed by atoms with Gasteiger partial charge in [0.2, 0.25) is 5.91 Å². The zero-order chi connectivity index (χ0) is 13.1. The lowest BCUT2D eigenvalue weighted by molar-refractivity contribution is -0.132. The predicted molar refractivity (Wildman–Crippen MR) is 70.8 cm³/mol. The molecule has 1 aliphatic heterocycles. The van der Waals surface area contributed by atoms with E-state index in [0.29, 0.717) is 18.3 Å². The zero-order valence-corrected chi connectivity index (χ0v) is 11.9. The minimum Gasteiger partial charge on any atom is -0.339 e. The van der Waals surface area contributed by atoms with Gasteiger partial charge in [0.25, 0.3) is 0 Å². The maximum atomic E-state index is 12.0. The van der Waals surface area contributed by atoms with Crippen LogP contribution in [-0.2, 0) is 14.6 Å². The van der Waals surface area contributed by atoms with E-state index >= 15 is 0 Å². The fourth-order valence-corrected chi connectivity index (χ4v) is 3.41. The molecule has 2 N–H and O–H groups in total. The maximum Gasteiger partial charge on any atom is 0.239 e. The van der Waals surface area contributed by atoms with Gasteiger partial charge in [0.05, 0.1) is 11.8 Å². The second-order valence-electron chi connectivity index (χ2n) is 4.49. The summed E-state index contributed by atoms with van der Waals surface area (Å²) in [5, 5.41) is 0.426.